The minimum absolute atomic E-state index is 0.0109. The van der Waals surface area contributed by atoms with Crippen molar-refractivity contribution < 1.29 is 22.6 Å². The van der Waals surface area contributed by atoms with Crippen LogP contribution in [0.15, 0.2) is 49.2 Å². The molecule has 15 heteroatoms. The minimum atomic E-state index is -4.13. The number of nitrogens with zero attached hydrogens (tertiary/aromatic N) is 7. The summed E-state index contributed by atoms with van der Waals surface area (Å²) in [5, 5.41) is 7.78. The van der Waals surface area contributed by atoms with Crippen molar-refractivity contribution in [2.75, 3.05) is 18.4 Å². The third kappa shape index (κ3) is 5.42. The van der Waals surface area contributed by atoms with Gasteiger partial charge in [-0.3, -0.25) is 14.3 Å². The fraction of sp³-hybridized carbons (Fsp3) is 0.360. The smallest absolute Gasteiger partial charge is 0.257 e. The van der Waals surface area contributed by atoms with Gasteiger partial charge in [-0.15, -0.1) is 10.2 Å². The zero-order chi connectivity index (χ0) is 28.4. The van der Waals surface area contributed by atoms with E-state index in [1.165, 1.54) is 26.4 Å². The molecule has 0 bridgehead atoms. The summed E-state index contributed by atoms with van der Waals surface area (Å²) < 4.78 is 49.4. The average Bonchev–Trinajstić information content (AvgIpc) is 3.26. The molecule has 0 amide bonds. The van der Waals surface area contributed by atoms with Crippen LogP contribution in [0.25, 0.3) is 11.4 Å². The molecule has 1 aliphatic rings. The van der Waals surface area contributed by atoms with Crippen molar-refractivity contribution >= 4 is 27.6 Å². The average molecular weight is 587 g/mol. The van der Waals surface area contributed by atoms with Gasteiger partial charge in [0.25, 0.3) is 5.88 Å². The lowest BCUT2D eigenvalue weighted by Gasteiger charge is -2.26. The number of hydrogen-bond donors (Lipinski definition) is 1. The van der Waals surface area contributed by atoms with E-state index in [2.05, 4.69) is 34.9 Å². The van der Waals surface area contributed by atoms with E-state index in [0.717, 1.165) is 5.56 Å². The van der Waals surface area contributed by atoms with Crippen LogP contribution in [0.2, 0.25) is 5.02 Å². The number of anilines is 1. The molecule has 0 saturated carbocycles. The number of ether oxygens (including phenoxy) is 3. The number of rotatable bonds is 9. The molecule has 0 aliphatic carbocycles. The molecule has 0 spiro atoms. The second-order valence-electron chi connectivity index (χ2n) is 9.24. The quantitative estimate of drug-likeness (QED) is 0.306. The summed E-state index contributed by atoms with van der Waals surface area (Å²) in [4.78, 5) is 16.9. The highest BCUT2D eigenvalue weighted by Crippen LogP contribution is 2.42. The highest BCUT2D eigenvalue weighted by Gasteiger charge is 2.37. The van der Waals surface area contributed by atoms with Gasteiger partial charge < -0.3 is 14.2 Å². The molecule has 210 valence electrons. The lowest BCUT2D eigenvalue weighted by molar-refractivity contribution is 0.00154. The topological polar surface area (TPSA) is 156 Å². The molecule has 5 rings (SSSR count). The van der Waals surface area contributed by atoms with Gasteiger partial charge in [-0.1, -0.05) is 17.7 Å². The van der Waals surface area contributed by atoms with Crippen LogP contribution in [0.3, 0.4) is 0 Å². The summed E-state index contributed by atoms with van der Waals surface area (Å²) in [6, 6.07) is 4.81. The first-order valence-corrected chi connectivity index (χ1v) is 14.3. The highest BCUT2D eigenvalue weighted by molar-refractivity contribution is 7.93. The second-order valence-corrected chi connectivity index (χ2v) is 11.7. The summed E-state index contributed by atoms with van der Waals surface area (Å²) in [5.41, 5.74) is 1.30. The standard InChI is InChI=1S/C25H27ClN8O5S/c1-14(2)39-20(22-29-11-17(26)12-30-22)15(3)40(35,36)33-25-32-31-23-18-7-9-28-24(37-4)21(18)38-13-19(34(23)25)16-6-5-8-27-10-16/h5-12,14-15,19-20H,13H2,1-4H3,(H,32,33)/t15-,19-,20+/m0/s1. The molecule has 3 atom stereocenters. The molecule has 0 radical (unpaired) electrons. The Bertz CT molecular complexity index is 1580. The van der Waals surface area contributed by atoms with Crippen molar-refractivity contribution in [2.24, 2.45) is 0 Å². The van der Waals surface area contributed by atoms with Crippen molar-refractivity contribution in [1.82, 2.24) is 34.7 Å². The normalized spacial score (nSPS) is 16.3. The number of pyridine rings is 2. The van der Waals surface area contributed by atoms with E-state index in [4.69, 9.17) is 25.8 Å². The zero-order valence-corrected chi connectivity index (χ0v) is 23.7. The molecule has 0 saturated heterocycles. The number of hydrogen-bond acceptors (Lipinski definition) is 11. The SMILES string of the molecule is COc1nccc2c1OC[C@@H](c1cccnc1)n1c(NS(=O)(=O)[C@@H](C)[C@@H](OC(C)C)c3ncc(Cl)cn3)nnc1-2. The Morgan fingerprint density at radius 3 is 2.55 bits per heavy atom. The molecule has 13 nitrogen and oxygen atoms in total. The fourth-order valence-electron chi connectivity index (χ4n) is 4.31. The first-order valence-electron chi connectivity index (χ1n) is 12.3. The van der Waals surface area contributed by atoms with E-state index in [1.807, 2.05) is 6.07 Å². The number of sulfonamides is 1. The van der Waals surface area contributed by atoms with E-state index in [1.54, 1.807) is 49.1 Å². The van der Waals surface area contributed by atoms with E-state index in [-0.39, 0.29) is 30.4 Å². The molecule has 4 aromatic rings. The van der Waals surface area contributed by atoms with Crippen LogP contribution >= 0.6 is 11.6 Å². The molecule has 5 heterocycles. The van der Waals surface area contributed by atoms with Gasteiger partial charge in [0.1, 0.15) is 18.0 Å². The molecule has 1 aliphatic heterocycles. The molecule has 0 fully saturated rings. The number of methoxy groups -OCH3 is 1. The Hall–Kier alpha value is -3.88. The molecule has 0 aromatic carbocycles. The molecule has 1 N–H and O–H groups in total. The van der Waals surface area contributed by atoms with E-state index < -0.39 is 27.4 Å². The summed E-state index contributed by atoms with van der Waals surface area (Å²) in [6.07, 6.45) is 6.36. The summed E-state index contributed by atoms with van der Waals surface area (Å²) in [6.45, 7) is 5.22. The Balaban J connectivity index is 1.57. The third-order valence-electron chi connectivity index (χ3n) is 6.23. The lowest BCUT2D eigenvalue weighted by Crippen LogP contribution is -2.35. The Kier molecular flexibility index (Phi) is 7.83. The number of fused-ring (bicyclic) bond motifs is 3. The largest absolute Gasteiger partial charge is 0.485 e. The van der Waals surface area contributed by atoms with Crippen LogP contribution in [0.4, 0.5) is 5.95 Å². The number of aromatic nitrogens is 7. The van der Waals surface area contributed by atoms with Gasteiger partial charge >= 0.3 is 0 Å². The van der Waals surface area contributed by atoms with Gasteiger partial charge in [0.2, 0.25) is 16.0 Å². The van der Waals surface area contributed by atoms with Gasteiger partial charge in [0.15, 0.2) is 17.4 Å². The molecule has 40 heavy (non-hydrogen) atoms. The maximum absolute atomic E-state index is 13.8. The van der Waals surface area contributed by atoms with Gasteiger partial charge in [-0.05, 0) is 38.5 Å². The molecular weight excluding hydrogens is 560 g/mol. The summed E-state index contributed by atoms with van der Waals surface area (Å²) in [5.74, 6) is 1.18. The van der Waals surface area contributed by atoms with Gasteiger partial charge in [-0.25, -0.2) is 23.4 Å². The van der Waals surface area contributed by atoms with Crippen LogP contribution in [0.5, 0.6) is 11.6 Å². The van der Waals surface area contributed by atoms with Gasteiger partial charge in [-0.2, -0.15) is 0 Å². The number of halogens is 1. The molecular formula is C25H27ClN8O5S. The van der Waals surface area contributed by atoms with Crippen LogP contribution in [0, 0.1) is 0 Å². The maximum atomic E-state index is 13.8. The van der Waals surface area contributed by atoms with Crippen molar-refractivity contribution in [3.63, 3.8) is 0 Å². The predicted molar refractivity (Wildman–Crippen MR) is 146 cm³/mol. The van der Waals surface area contributed by atoms with E-state index in [9.17, 15) is 8.42 Å². The zero-order valence-electron chi connectivity index (χ0n) is 22.1. The fourth-order valence-corrected chi connectivity index (χ4v) is 5.50. The van der Waals surface area contributed by atoms with Crippen molar-refractivity contribution in [3.8, 4) is 23.0 Å². The Labute approximate surface area is 236 Å². The van der Waals surface area contributed by atoms with Crippen LogP contribution in [-0.2, 0) is 14.8 Å². The van der Waals surface area contributed by atoms with Crippen molar-refractivity contribution in [3.05, 3.63) is 65.6 Å². The first-order chi connectivity index (χ1) is 19.2. The minimum Gasteiger partial charge on any atom is -0.485 e. The Morgan fingerprint density at radius 1 is 1.10 bits per heavy atom. The van der Waals surface area contributed by atoms with Gasteiger partial charge in [0, 0.05) is 31.0 Å². The van der Waals surface area contributed by atoms with Crippen LogP contribution < -0.4 is 14.2 Å². The van der Waals surface area contributed by atoms with Crippen molar-refractivity contribution in [1.29, 1.82) is 0 Å². The lowest BCUT2D eigenvalue weighted by atomic mass is 10.1. The Morgan fingerprint density at radius 2 is 1.88 bits per heavy atom. The maximum Gasteiger partial charge on any atom is 0.257 e. The monoisotopic (exact) mass is 586 g/mol. The third-order valence-corrected chi connectivity index (χ3v) is 8.12. The summed E-state index contributed by atoms with van der Waals surface area (Å²) >= 11 is 5.95. The highest BCUT2D eigenvalue weighted by atomic mass is 35.5. The predicted octanol–water partition coefficient (Wildman–Crippen LogP) is 3.47. The molecule has 0 unspecified atom stereocenters. The van der Waals surface area contributed by atoms with Crippen LogP contribution in [-0.4, -0.2) is 68.2 Å². The second kappa shape index (κ2) is 11.3. The number of nitrogens with one attached hydrogen (secondary N) is 1. The van der Waals surface area contributed by atoms with Crippen LogP contribution in [0.1, 0.15) is 44.3 Å². The molecule has 4 aromatic heterocycles. The first kappa shape index (κ1) is 27.7. The van der Waals surface area contributed by atoms with Crippen molar-refractivity contribution in [2.45, 2.75) is 44.3 Å². The summed E-state index contributed by atoms with van der Waals surface area (Å²) in [7, 11) is -2.65. The van der Waals surface area contributed by atoms with E-state index in [0.29, 0.717) is 22.2 Å². The van der Waals surface area contributed by atoms with E-state index >= 15 is 0 Å². The van der Waals surface area contributed by atoms with Gasteiger partial charge in [0.05, 0.1) is 29.8 Å².